The fourth-order valence-electron chi connectivity index (χ4n) is 3.71. The van der Waals surface area contributed by atoms with Crippen molar-refractivity contribution in [2.24, 2.45) is 5.92 Å². The Morgan fingerprint density at radius 3 is 2.48 bits per heavy atom. The van der Waals surface area contributed by atoms with Crippen molar-refractivity contribution in [3.8, 4) is 5.75 Å². The van der Waals surface area contributed by atoms with Gasteiger partial charge in [-0.15, -0.1) is 0 Å². The van der Waals surface area contributed by atoms with E-state index in [4.69, 9.17) is 18.9 Å². The molecule has 1 amide bonds. The van der Waals surface area contributed by atoms with Gasteiger partial charge in [-0.25, -0.2) is 4.79 Å². The summed E-state index contributed by atoms with van der Waals surface area (Å²) >= 11 is 3.50. The number of hydrogen-bond donors (Lipinski definition) is 1. The number of halogens is 1. The minimum absolute atomic E-state index is 0.133. The zero-order valence-corrected chi connectivity index (χ0v) is 20.4. The van der Waals surface area contributed by atoms with Crippen LogP contribution in [0.2, 0.25) is 0 Å². The summed E-state index contributed by atoms with van der Waals surface area (Å²) in [6, 6.07) is 5.44. The number of rotatable bonds is 7. The molecule has 0 aromatic heterocycles. The highest BCUT2D eigenvalue weighted by molar-refractivity contribution is 9.10. The van der Waals surface area contributed by atoms with Crippen LogP contribution in [0.1, 0.15) is 58.3 Å². The van der Waals surface area contributed by atoms with Gasteiger partial charge in [-0.1, -0.05) is 6.07 Å². The highest BCUT2D eigenvalue weighted by Crippen LogP contribution is 2.34. The van der Waals surface area contributed by atoms with Crippen molar-refractivity contribution >= 4 is 22.0 Å². The van der Waals surface area contributed by atoms with E-state index in [2.05, 4.69) is 15.9 Å². The molecule has 7 nitrogen and oxygen atoms in total. The first-order valence-corrected chi connectivity index (χ1v) is 11.7. The minimum Gasteiger partial charge on any atom is -0.489 e. The van der Waals surface area contributed by atoms with E-state index in [1.54, 1.807) is 17.0 Å². The average Bonchev–Trinajstić information content (AvgIpc) is 2.69. The lowest BCUT2D eigenvalue weighted by Gasteiger charge is -2.37. The summed E-state index contributed by atoms with van der Waals surface area (Å²) in [5, 5.41) is 9.75. The van der Waals surface area contributed by atoms with Gasteiger partial charge in [-0.05, 0) is 67.6 Å². The molecule has 1 saturated carbocycles. The molecule has 2 fully saturated rings. The lowest BCUT2D eigenvalue weighted by atomic mass is 9.91. The maximum Gasteiger partial charge on any atom is 0.410 e. The van der Waals surface area contributed by atoms with E-state index in [0.29, 0.717) is 11.5 Å². The van der Waals surface area contributed by atoms with Crippen LogP contribution in [-0.2, 0) is 14.2 Å². The van der Waals surface area contributed by atoms with Gasteiger partial charge in [-0.2, -0.15) is 0 Å². The van der Waals surface area contributed by atoms with Crippen LogP contribution in [0.25, 0.3) is 0 Å². The molecule has 1 N–H and O–H groups in total. The van der Waals surface area contributed by atoms with E-state index in [-0.39, 0.29) is 18.3 Å². The smallest absolute Gasteiger partial charge is 0.410 e. The SMILES string of the molecule is COC(O)c1ccc(OC2CC(OCC3CCN(C(=O)OC(C)(C)C)CC3)C2)c(Br)c1. The summed E-state index contributed by atoms with van der Waals surface area (Å²) in [5.74, 6) is 1.23. The monoisotopic (exact) mass is 499 g/mol. The number of piperidine rings is 1. The van der Waals surface area contributed by atoms with Crippen LogP contribution in [0.4, 0.5) is 4.79 Å². The molecule has 0 bridgehead atoms. The number of benzene rings is 1. The molecule has 1 aromatic rings. The molecule has 3 rings (SSSR count). The summed E-state index contributed by atoms with van der Waals surface area (Å²) in [6.45, 7) is 7.84. The molecule has 1 aliphatic carbocycles. The van der Waals surface area contributed by atoms with Gasteiger partial charge < -0.3 is 29.0 Å². The number of aliphatic hydroxyl groups is 1. The van der Waals surface area contributed by atoms with Gasteiger partial charge in [-0.3, -0.25) is 0 Å². The predicted molar refractivity (Wildman–Crippen MR) is 120 cm³/mol. The van der Waals surface area contributed by atoms with Gasteiger partial charge in [0.2, 0.25) is 0 Å². The Morgan fingerprint density at radius 1 is 1.23 bits per heavy atom. The number of likely N-dealkylation sites (tertiary alicyclic amines) is 1. The summed E-state index contributed by atoms with van der Waals surface area (Å²) in [5.41, 5.74) is 0.220. The third kappa shape index (κ3) is 7.07. The van der Waals surface area contributed by atoms with Crippen LogP contribution in [0, 0.1) is 5.92 Å². The summed E-state index contributed by atoms with van der Waals surface area (Å²) in [6.07, 6.45) is 2.81. The number of ether oxygens (including phenoxy) is 4. The van der Waals surface area contributed by atoms with Crippen molar-refractivity contribution in [3.05, 3.63) is 28.2 Å². The molecule has 2 aliphatic rings. The zero-order valence-electron chi connectivity index (χ0n) is 18.8. The first-order valence-electron chi connectivity index (χ1n) is 10.9. The van der Waals surface area contributed by atoms with Gasteiger partial charge in [0.25, 0.3) is 0 Å². The van der Waals surface area contributed by atoms with Crippen molar-refractivity contribution in [2.75, 3.05) is 26.8 Å². The van der Waals surface area contributed by atoms with Crippen molar-refractivity contribution < 1.29 is 28.8 Å². The zero-order chi connectivity index (χ0) is 22.6. The number of aliphatic hydroxyl groups excluding tert-OH is 1. The predicted octanol–water partition coefficient (Wildman–Crippen LogP) is 4.66. The van der Waals surface area contributed by atoms with E-state index in [9.17, 15) is 9.90 Å². The van der Waals surface area contributed by atoms with Gasteiger partial charge in [0.05, 0.1) is 10.6 Å². The topological polar surface area (TPSA) is 77.5 Å². The lowest BCUT2D eigenvalue weighted by Crippen LogP contribution is -2.43. The standard InChI is InChI=1S/C23H34BrNO6/c1-23(2,3)31-22(27)25-9-7-15(8-10-25)14-29-17-12-18(13-17)30-20-6-5-16(11-19(20)24)21(26)28-4/h5-6,11,15,17-18,21,26H,7-10,12-14H2,1-4H3. The highest BCUT2D eigenvalue weighted by atomic mass is 79.9. The molecule has 0 radical (unpaired) electrons. The minimum atomic E-state index is -0.942. The molecule has 1 aromatic carbocycles. The Morgan fingerprint density at radius 2 is 1.90 bits per heavy atom. The van der Waals surface area contributed by atoms with Crippen molar-refractivity contribution in [1.82, 2.24) is 4.90 Å². The largest absolute Gasteiger partial charge is 0.489 e. The number of carbonyl (C=O) groups is 1. The summed E-state index contributed by atoms with van der Waals surface area (Å²) in [4.78, 5) is 14.0. The maximum absolute atomic E-state index is 12.2. The molecule has 1 saturated heterocycles. The molecule has 174 valence electrons. The van der Waals surface area contributed by atoms with Crippen LogP contribution in [-0.4, -0.2) is 60.7 Å². The van der Waals surface area contributed by atoms with Gasteiger partial charge in [0, 0.05) is 45.2 Å². The van der Waals surface area contributed by atoms with Crippen molar-refractivity contribution in [2.45, 2.75) is 70.6 Å². The van der Waals surface area contributed by atoms with Crippen molar-refractivity contribution in [1.29, 1.82) is 0 Å². The van der Waals surface area contributed by atoms with E-state index < -0.39 is 11.9 Å². The number of nitrogens with zero attached hydrogens (tertiary/aromatic N) is 1. The molecule has 1 unspecified atom stereocenters. The number of carbonyl (C=O) groups excluding carboxylic acids is 1. The van der Waals surface area contributed by atoms with Crippen LogP contribution in [0.15, 0.2) is 22.7 Å². The molecule has 1 atom stereocenters. The molecule has 31 heavy (non-hydrogen) atoms. The molecule has 8 heteroatoms. The van der Waals surface area contributed by atoms with Crippen molar-refractivity contribution in [3.63, 3.8) is 0 Å². The fourth-order valence-corrected chi connectivity index (χ4v) is 4.20. The number of methoxy groups -OCH3 is 1. The Kier molecular flexibility index (Phi) is 8.24. The average molecular weight is 500 g/mol. The molecule has 1 heterocycles. The van der Waals surface area contributed by atoms with E-state index in [0.717, 1.165) is 55.6 Å². The number of hydrogen-bond acceptors (Lipinski definition) is 6. The first kappa shape index (κ1) is 24.3. The van der Waals surface area contributed by atoms with E-state index in [1.807, 2.05) is 26.8 Å². The Bertz CT molecular complexity index is 738. The number of amides is 1. The quantitative estimate of drug-likeness (QED) is 0.549. The van der Waals surface area contributed by atoms with Crippen LogP contribution in [0.5, 0.6) is 5.75 Å². The highest BCUT2D eigenvalue weighted by Gasteiger charge is 2.33. The van der Waals surface area contributed by atoms with Crippen LogP contribution >= 0.6 is 15.9 Å². The Balaban J connectivity index is 1.33. The van der Waals surface area contributed by atoms with E-state index in [1.165, 1.54) is 7.11 Å². The van der Waals surface area contributed by atoms with Crippen LogP contribution < -0.4 is 4.74 Å². The Labute approximate surface area is 193 Å². The second-order valence-electron chi connectivity index (χ2n) is 9.36. The third-order valence-corrected chi connectivity index (χ3v) is 6.26. The fraction of sp³-hybridized carbons (Fsp3) is 0.696. The van der Waals surface area contributed by atoms with Gasteiger partial charge in [0.1, 0.15) is 17.5 Å². The summed E-state index contributed by atoms with van der Waals surface area (Å²) in [7, 11) is 1.46. The first-order chi connectivity index (χ1) is 14.6. The second kappa shape index (κ2) is 10.5. The molecule has 1 aliphatic heterocycles. The third-order valence-electron chi connectivity index (χ3n) is 5.64. The lowest BCUT2D eigenvalue weighted by molar-refractivity contribution is -0.0780. The molecule has 0 spiro atoms. The van der Waals surface area contributed by atoms with E-state index >= 15 is 0 Å². The van der Waals surface area contributed by atoms with Gasteiger partial charge in [0.15, 0.2) is 6.29 Å². The normalized spacial score (nSPS) is 23.2. The van der Waals surface area contributed by atoms with Crippen LogP contribution in [0.3, 0.4) is 0 Å². The van der Waals surface area contributed by atoms with Gasteiger partial charge >= 0.3 is 6.09 Å². The second-order valence-corrected chi connectivity index (χ2v) is 10.2. The molecular weight excluding hydrogens is 466 g/mol. The summed E-state index contributed by atoms with van der Waals surface area (Å²) < 4.78 is 23.3. The molecular formula is C23H34BrNO6. The Hall–Kier alpha value is -1.35. The maximum atomic E-state index is 12.2.